The van der Waals surface area contributed by atoms with Gasteiger partial charge in [0.1, 0.15) is 5.82 Å². The van der Waals surface area contributed by atoms with E-state index in [0.717, 1.165) is 0 Å². The van der Waals surface area contributed by atoms with Crippen LogP contribution in [0.2, 0.25) is 0 Å². The highest BCUT2D eigenvalue weighted by atomic mass is 32.2. The Hall–Kier alpha value is -0.790. The van der Waals surface area contributed by atoms with E-state index in [0.29, 0.717) is 5.56 Å². The first kappa shape index (κ1) is 16.3. The van der Waals surface area contributed by atoms with Crippen LogP contribution in [0.15, 0.2) is 24.3 Å². The van der Waals surface area contributed by atoms with Crippen LogP contribution in [0.4, 0.5) is 17.6 Å². The average molecular weight is 297 g/mol. The van der Waals surface area contributed by atoms with E-state index in [9.17, 15) is 22.7 Å². The number of thioether (sulfide) groups is 1. The Morgan fingerprint density at radius 3 is 2.42 bits per heavy atom. The summed E-state index contributed by atoms with van der Waals surface area (Å²) in [7, 11) is 0. The Kier molecular flexibility index (Phi) is 5.64. The number of hydrogen-bond donors (Lipinski definition) is 2. The van der Waals surface area contributed by atoms with Crippen LogP contribution in [-0.4, -0.2) is 29.5 Å². The highest BCUT2D eigenvalue weighted by Gasteiger charge is 2.34. The zero-order chi connectivity index (χ0) is 14.5. The quantitative estimate of drug-likeness (QED) is 0.794. The minimum atomic E-state index is -4.32. The highest BCUT2D eigenvalue weighted by molar-refractivity contribution is 8.00. The number of halogens is 4. The van der Waals surface area contributed by atoms with Gasteiger partial charge in [-0.2, -0.15) is 13.2 Å². The minimum absolute atomic E-state index is 0.0215. The molecule has 7 heteroatoms. The van der Waals surface area contributed by atoms with Crippen molar-refractivity contribution in [1.29, 1.82) is 0 Å². The first-order valence-corrected chi connectivity index (χ1v) is 6.59. The summed E-state index contributed by atoms with van der Waals surface area (Å²) in [5.41, 5.74) is 0.631. The molecule has 19 heavy (non-hydrogen) atoms. The molecule has 0 aliphatic heterocycles. The van der Waals surface area contributed by atoms with E-state index >= 15 is 0 Å². The second-order valence-corrected chi connectivity index (χ2v) is 5.36. The third-order valence-corrected chi connectivity index (χ3v) is 3.71. The molecule has 108 valence electrons. The van der Waals surface area contributed by atoms with Crippen molar-refractivity contribution in [1.82, 2.24) is 0 Å². The lowest BCUT2D eigenvalue weighted by Crippen LogP contribution is -2.39. The molecule has 0 aliphatic rings. The van der Waals surface area contributed by atoms with Crippen LogP contribution >= 0.6 is 11.8 Å². The van der Waals surface area contributed by atoms with Gasteiger partial charge in [0.2, 0.25) is 0 Å². The van der Waals surface area contributed by atoms with Gasteiger partial charge >= 0.3 is 5.51 Å². The monoisotopic (exact) mass is 297 g/mol. The minimum Gasteiger partial charge on any atom is -0.395 e. The summed E-state index contributed by atoms with van der Waals surface area (Å²) < 4.78 is 49.5. The van der Waals surface area contributed by atoms with E-state index in [1.54, 1.807) is 6.07 Å². The van der Waals surface area contributed by atoms with E-state index < -0.39 is 23.3 Å². The van der Waals surface area contributed by atoms with Gasteiger partial charge in [-0.05, 0) is 24.1 Å². The number of benzene rings is 1. The lowest BCUT2D eigenvalue weighted by atomic mass is 9.79. The standard InChI is InChI=1S/C12H15F4NOS/c13-10-3-1-2-9(6-10)11(7-17,8-18)4-5-19-12(14,15)16/h1-3,6,18H,4-5,7-8,17H2. The molecule has 0 aliphatic carbocycles. The van der Waals surface area contributed by atoms with Gasteiger partial charge in [-0.1, -0.05) is 23.9 Å². The van der Waals surface area contributed by atoms with Crippen molar-refractivity contribution in [2.45, 2.75) is 17.3 Å². The second kappa shape index (κ2) is 6.58. The van der Waals surface area contributed by atoms with Crippen molar-refractivity contribution >= 4 is 11.8 Å². The zero-order valence-corrected chi connectivity index (χ0v) is 10.9. The summed E-state index contributed by atoms with van der Waals surface area (Å²) in [5.74, 6) is -0.745. The van der Waals surface area contributed by atoms with Crippen molar-refractivity contribution < 1.29 is 22.7 Å². The van der Waals surface area contributed by atoms with Gasteiger partial charge < -0.3 is 10.8 Å². The van der Waals surface area contributed by atoms with Crippen LogP contribution in [0, 0.1) is 5.82 Å². The summed E-state index contributed by atoms with van der Waals surface area (Å²) in [5, 5.41) is 9.46. The van der Waals surface area contributed by atoms with Gasteiger partial charge in [0.05, 0.1) is 6.61 Å². The van der Waals surface area contributed by atoms with Crippen molar-refractivity contribution in [3.63, 3.8) is 0 Å². The molecule has 3 N–H and O–H groups in total. The molecule has 0 radical (unpaired) electrons. The van der Waals surface area contributed by atoms with Crippen LogP contribution in [0.25, 0.3) is 0 Å². The number of nitrogens with two attached hydrogens (primary N) is 1. The fraction of sp³-hybridized carbons (Fsp3) is 0.500. The van der Waals surface area contributed by atoms with E-state index in [1.807, 2.05) is 0 Å². The van der Waals surface area contributed by atoms with Crippen molar-refractivity contribution in [3.8, 4) is 0 Å². The van der Waals surface area contributed by atoms with E-state index in [4.69, 9.17) is 5.73 Å². The third kappa shape index (κ3) is 4.67. The summed E-state index contributed by atoms with van der Waals surface area (Å²) in [6.07, 6.45) is 0.0215. The maximum Gasteiger partial charge on any atom is 0.441 e. The van der Waals surface area contributed by atoms with Gasteiger partial charge in [0, 0.05) is 17.7 Å². The number of rotatable bonds is 6. The molecular formula is C12H15F4NOS. The van der Waals surface area contributed by atoms with Gasteiger partial charge in [0.15, 0.2) is 0 Å². The average Bonchev–Trinajstić information content (AvgIpc) is 2.34. The zero-order valence-electron chi connectivity index (χ0n) is 10.1. The molecule has 0 saturated carbocycles. The predicted molar refractivity (Wildman–Crippen MR) is 67.3 cm³/mol. The maximum atomic E-state index is 13.2. The largest absolute Gasteiger partial charge is 0.441 e. The molecule has 0 heterocycles. The Morgan fingerprint density at radius 1 is 1.26 bits per heavy atom. The van der Waals surface area contributed by atoms with Gasteiger partial charge in [-0.25, -0.2) is 4.39 Å². The summed E-state index contributed by atoms with van der Waals surface area (Å²) >= 11 is -0.170. The first-order chi connectivity index (χ1) is 8.83. The molecule has 1 aromatic rings. The first-order valence-electron chi connectivity index (χ1n) is 5.61. The number of aliphatic hydroxyl groups is 1. The molecule has 1 aromatic carbocycles. The molecule has 2 nitrogen and oxygen atoms in total. The number of alkyl halides is 3. The highest BCUT2D eigenvalue weighted by Crippen LogP contribution is 2.35. The van der Waals surface area contributed by atoms with Crippen LogP contribution in [0.1, 0.15) is 12.0 Å². The normalized spacial score (nSPS) is 15.3. The van der Waals surface area contributed by atoms with Crippen LogP contribution in [-0.2, 0) is 5.41 Å². The summed E-state index contributed by atoms with van der Waals surface area (Å²) in [4.78, 5) is 0. The summed E-state index contributed by atoms with van der Waals surface area (Å²) in [6, 6.07) is 5.43. The Balaban J connectivity index is 2.85. The molecule has 0 fully saturated rings. The van der Waals surface area contributed by atoms with Crippen molar-refractivity contribution in [2.24, 2.45) is 5.73 Å². The fourth-order valence-electron chi connectivity index (χ4n) is 1.78. The van der Waals surface area contributed by atoms with E-state index in [2.05, 4.69) is 0 Å². The van der Waals surface area contributed by atoms with Gasteiger partial charge in [-0.15, -0.1) is 0 Å². The molecule has 1 unspecified atom stereocenters. The van der Waals surface area contributed by atoms with E-state index in [-0.39, 0.29) is 30.5 Å². The van der Waals surface area contributed by atoms with Crippen molar-refractivity contribution in [3.05, 3.63) is 35.6 Å². The lowest BCUT2D eigenvalue weighted by molar-refractivity contribution is -0.0329. The molecule has 0 bridgehead atoms. The lowest BCUT2D eigenvalue weighted by Gasteiger charge is -2.31. The Labute approximate surface area is 113 Å². The molecule has 0 spiro atoms. The van der Waals surface area contributed by atoms with Crippen LogP contribution in [0.5, 0.6) is 0 Å². The number of hydrogen-bond acceptors (Lipinski definition) is 3. The Bertz CT molecular complexity index is 407. The van der Waals surface area contributed by atoms with Crippen molar-refractivity contribution in [2.75, 3.05) is 18.9 Å². The Morgan fingerprint density at radius 2 is 1.95 bits per heavy atom. The summed E-state index contributed by atoms with van der Waals surface area (Å²) in [6.45, 7) is -0.475. The molecule has 0 saturated heterocycles. The molecule has 1 rings (SSSR count). The SMILES string of the molecule is NCC(CO)(CCSC(F)(F)F)c1cccc(F)c1. The van der Waals surface area contributed by atoms with Gasteiger partial charge in [0.25, 0.3) is 0 Å². The molecule has 0 aromatic heterocycles. The third-order valence-electron chi connectivity index (χ3n) is 2.98. The van der Waals surface area contributed by atoms with Crippen LogP contribution < -0.4 is 5.73 Å². The maximum absolute atomic E-state index is 13.2. The fourth-order valence-corrected chi connectivity index (χ4v) is 2.50. The predicted octanol–water partition coefficient (Wildman–Crippen LogP) is 2.66. The number of aliphatic hydroxyl groups excluding tert-OH is 1. The second-order valence-electron chi connectivity index (χ2n) is 4.20. The molecule has 1 atom stereocenters. The van der Waals surface area contributed by atoms with E-state index in [1.165, 1.54) is 18.2 Å². The topological polar surface area (TPSA) is 46.2 Å². The molecule has 0 amide bonds. The smallest absolute Gasteiger partial charge is 0.395 e. The van der Waals surface area contributed by atoms with Crippen LogP contribution in [0.3, 0.4) is 0 Å². The molecular weight excluding hydrogens is 282 g/mol. The van der Waals surface area contributed by atoms with Gasteiger partial charge in [-0.3, -0.25) is 0 Å².